The molecule has 0 spiro atoms. The number of hydrogen-bond acceptors (Lipinski definition) is 3. The summed E-state index contributed by atoms with van der Waals surface area (Å²) in [5.41, 5.74) is 6.63. The van der Waals surface area contributed by atoms with E-state index in [9.17, 15) is 14.2 Å². The Morgan fingerprint density at radius 3 is 1.25 bits per heavy atom. The lowest BCUT2D eigenvalue weighted by Crippen LogP contribution is -2.40. The van der Waals surface area contributed by atoms with Crippen molar-refractivity contribution in [2.45, 2.75) is 60.5 Å². The van der Waals surface area contributed by atoms with Gasteiger partial charge in [0.1, 0.15) is 5.92 Å². The highest BCUT2D eigenvalue weighted by Gasteiger charge is 2.43. The van der Waals surface area contributed by atoms with Crippen molar-refractivity contribution in [2.75, 3.05) is 0 Å². The molecular formula is C24H29O3P. The summed E-state index contributed by atoms with van der Waals surface area (Å²) in [7, 11) is -0.225. The first-order valence-electron chi connectivity index (χ1n) is 9.49. The second kappa shape index (κ2) is 8.09. The summed E-state index contributed by atoms with van der Waals surface area (Å²) in [4.78, 5) is 27.3. The predicted octanol–water partition coefficient (Wildman–Crippen LogP) is 6.29. The predicted molar refractivity (Wildman–Crippen MR) is 115 cm³/mol. The third-order valence-electron chi connectivity index (χ3n) is 5.31. The molecule has 0 bridgehead atoms. The molecular weight excluding hydrogens is 367 g/mol. The molecule has 2 aromatic rings. The Morgan fingerprint density at radius 2 is 1.00 bits per heavy atom. The van der Waals surface area contributed by atoms with Gasteiger partial charge in [-0.3, -0.25) is 14.2 Å². The van der Waals surface area contributed by atoms with Crippen LogP contribution in [0.4, 0.5) is 0 Å². The zero-order valence-corrected chi connectivity index (χ0v) is 19.0. The smallest absolute Gasteiger partial charge is 0.175 e. The summed E-state index contributed by atoms with van der Waals surface area (Å²) < 4.78 is 12.0. The summed E-state index contributed by atoms with van der Waals surface area (Å²) in [5, 5.41) is -1.01. The third kappa shape index (κ3) is 4.15. The Bertz CT molecular complexity index is 854. The van der Waals surface area contributed by atoms with Crippen LogP contribution in [0.25, 0.3) is 0 Å². The molecule has 0 radical (unpaired) electrons. The fourth-order valence-corrected chi connectivity index (χ4v) is 4.58. The Hall–Kier alpha value is -2.12. The molecule has 2 aromatic carbocycles. The third-order valence-corrected chi connectivity index (χ3v) is 6.04. The van der Waals surface area contributed by atoms with Crippen molar-refractivity contribution >= 4 is 20.0 Å². The van der Waals surface area contributed by atoms with Gasteiger partial charge in [0.15, 0.2) is 20.0 Å². The fourth-order valence-electron chi connectivity index (χ4n) is 4.24. The van der Waals surface area contributed by atoms with Crippen molar-refractivity contribution in [3.8, 4) is 0 Å². The van der Waals surface area contributed by atoms with Crippen LogP contribution in [0.15, 0.2) is 24.3 Å². The zero-order chi connectivity index (χ0) is 21.4. The minimum absolute atomic E-state index is 0.225. The molecule has 4 heteroatoms. The molecule has 2 rings (SSSR count). The first-order valence-corrected chi connectivity index (χ1v) is 10.3. The maximum atomic E-state index is 13.6. The van der Waals surface area contributed by atoms with E-state index in [1.165, 1.54) is 0 Å². The molecule has 0 amide bonds. The molecule has 3 nitrogen and oxygen atoms in total. The summed E-state index contributed by atoms with van der Waals surface area (Å²) in [6, 6.07) is 7.80. The van der Waals surface area contributed by atoms with Gasteiger partial charge in [-0.25, -0.2) is 0 Å². The second-order valence-electron chi connectivity index (χ2n) is 8.45. The van der Waals surface area contributed by atoms with Gasteiger partial charge in [-0.1, -0.05) is 35.4 Å². The van der Waals surface area contributed by atoms with Gasteiger partial charge in [-0.15, -0.1) is 0 Å². The lowest BCUT2D eigenvalue weighted by molar-refractivity contribution is 0.0779. The highest BCUT2D eigenvalue weighted by molar-refractivity contribution is 7.26. The van der Waals surface area contributed by atoms with Crippen molar-refractivity contribution in [3.63, 3.8) is 0 Å². The standard InChI is InChI=1S/C24H29O3P/c1-13-9-15(3)19(16(4)10-13)22(25)21(24(7,8)28-27)23(26)20-17(5)11-14(2)12-18(20)6/h9-12,21H,1-8H3. The average molecular weight is 396 g/mol. The van der Waals surface area contributed by atoms with Gasteiger partial charge < -0.3 is 0 Å². The van der Waals surface area contributed by atoms with Crippen molar-refractivity contribution in [3.05, 3.63) is 68.8 Å². The van der Waals surface area contributed by atoms with Gasteiger partial charge in [0.25, 0.3) is 0 Å². The molecule has 28 heavy (non-hydrogen) atoms. The summed E-state index contributed by atoms with van der Waals surface area (Å²) in [6.07, 6.45) is 0. The van der Waals surface area contributed by atoms with Crippen LogP contribution in [-0.2, 0) is 4.57 Å². The number of carbonyl (C=O) groups excluding carboxylic acids is 2. The normalized spacial score (nSPS) is 11.9. The molecule has 0 saturated carbocycles. The number of aryl methyl sites for hydroxylation is 6. The van der Waals surface area contributed by atoms with Gasteiger partial charge in [0, 0.05) is 11.1 Å². The topological polar surface area (TPSA) is 51.2 Å². The van der Waals surface area contributed by atoms with Gasteiger partial charge in [0.2, 0.25) is 0 Å². The fraction of sp³-hybridized carbons (Fsp3) is 0.417. The molecule has 148 valence electrons. The van der Waals surface area contributed by atoms with Crippen LogP contribution in [0.3, 0.4) is 0 Å². The minimum Gasteiger partial charge on any atom is -0.293 e. The van der Waals surface area contributed by atoms with Gasteiger partial charge >= 0.3 is 0 Å². The molecule has 0 atom stereocenters. The first kappa shape index (κ1) is 22.2. The maximum absolute atomic E-state index is 13.6. The number of ketones is 2. The first-order chi connectivity index (χ1) is 12.9. The molecule has 0 aliphatic carbocycles. The van der Waals surface area contributed by atoms with Crippen molar-refractivity contribution in [2.24, 2.45) is 5.92 Å². The summed E-state index contributed by atoms with van der Waals surface area (Å²) in [5.74, 6) is -1.53. The molecule has 0 aliphatic heterocycles. The van der Waals surface area contributed by atoms with Crippen LogP contribution in [-0.4, -0.2) is 16.7 Å². The Balaban J connectivity index is 2.70. The lowest BCUT2D eigenvalue weighted by Gasteiger charge is -2.28. The van der Waals surface area contributed by atoms with Crippen LogP contribution in [0, 0.1) is 47.5 Å². The van der Waals surface area contributed by atoms with E-state index >= 15 is 0 Å². The maximum Gasteiger partial charge on any atom is 0.175 e. The van der Waals surface area contributed by atoms with Crippen LogP contribution in [0.1, 0.15) is 67.9 Å². The van der Waals surface area contributed by atoms with Crippen LogP contribution in [0.2, 0.25) is 0 Å². The van der Waals surface area contributed by atoms with E-state index < -0.39 is 11.1 Å². The van der Waals surface area contributed by atoms with Gasteiger partial charge in [-0.05, 0) is 77.6 Å². The number of carbonyl (C=O) groups is 2. The largest absolute Gasteiger partial charge is 0.293 e. The molecule has 0 unspecified atom stereocenters. The van der Waals surface area contributed by atoms with Crippen molar-refractivity contribution in [1.82, 2.24) is 0 Å². The van der Waals surface area contributed by atoms with E-state index in [-0.39, 0.29) is 20.0 Å². The van der Waals surface area contributed by atoms with Gasteiger partial charge in [-0.2, -0.15) is 0 Å². The number of hydrogen-bond donors (Lipinski definition) is 0. The van der Waals surface area contributed by atoms with Crippen molar-refractivity contribution < 1.29 is 14.2 Å². The Morgan fingerprint density at radius 1 is 0.714 bits per heavy atom. The van der Waals surface area contributed by atoms with E-state index in [0.29, 0.717) is 11.1 Å². The Labute approximate surface area is 169 Å². The highest BCUT2D eigenvalue weighted by atomic mass is 31.1. The van der Waals surface area contributed by atoms with Gasteiger partial charge in [0.05, 0.1) is 5.16 Å². The average Bonchev–Trinajstić information content (AvgIpc) is 2.52. The van der Waals surface area contributed by atoms with E-state index in [0.717, 1.165) is 33.4 Å². The Kier molecular flexibility index (Phi) is 6.41. The molecule has 0 saturated heterocycles. The van der Waals surface area contributed by atoms with Crippen LogP contribution < -0.4 is 0 Å². The molecule has 0 fully saturated rings. The lowest BCUT2D eigenvalue weighted by atomic mass is 9.77. The molecule has 0 aromatic heterocycles. The monoisotopic (exact) mass is 396 g/mol. The quantitative estimate of drug-likeness (QED) is 0.328. The number of Topliss-reactive ketones (excluding diaryl/α,β-unsaturated/α-hetero) is 2. The number of benzene rings is 2. The molecule has 0 aliphatic rings. The summed E-state index contributed by atoms with van der Waals surface area (Å²) >= 11 is 0. The molecule has 0 N–H and O–H groups in total. The van der Waals surface area contributed by atoms with E-state index in [1.54, 1.807) is 13.8 Å². The minimum atomic E-state index is -1.02. The summed E-state index contributed by atoms with van der Waals surface area (Å²) in [6.45, 7) is 14.9. The highest BCUT2D eigenvalue weighted by Crippen LogP contribution is 2.38. The SMILES string of the molecule is Cc1cc(C)c(C(=O)C(C(=O)c2c(C)cc(C)cc2C)C(C)(C)P=O)c(C)c1. The molecule has 0 heterocycles. The zero-order valence-electron chi connectivity index (χ0n) is 18.1. The van der Waals surface area contributed by atoms with E-state index in [1.807, 2.05) is 65.8 Å². The second-order valence-corrected chi connectivity index (χ2v) is 9.79. The number of rotatable bonds is 6. The van der Waals surface area contributed by atoms with Crippen LogP contribution in [0.5, 0.6) is 0 Å². The van der Waals surface area contributed by atoms with E-state index in [2.05, 4.69) is 0 Å². The van der Waals surface area contributed by atoms with E-state index in [4.69, 9.17) is 0 Å². The van der Waals surface area contributed by atoms with Crippen molar-refractivity contribution in [1.29, 1.82) is 0 Å². The van der Waals surface area contributed by atoms with Crippen LogP contribution >= 0.6 is 8.46 Å².